The number of pyridine rings is 1. The van der Waals surface area contributed by atoms with Crippen LogP contribution in [-0.4, -0.2) is 60.5 Å². The van der Waals surface area contributed by atoms with E-state index in [2.05, 4.69) is 19.8 Å². The van der Waals surface area contributed by atoms with E-state index in [4.69, 9.17) is 9.15 Å². The first-order valence-corrected chi connectivity index (χ1v) is 10.4. The summed E-state index contributed by atoms with van der Waals surface area (Å²) < 4.78 is 11.1. The van der Waals surface area contributed by atoms with Gasteiger partial charge in [0.05, 0.1) is 30.1 Å². The molecule has 1 saturated heterocycles. The van der Waals surface area contributed by atoms with Crippen LogP contribution in [0.5, 0.6) is 5.75 Å². The molecule has 3 aromatic rings. The smallest absolute Gasteiger partial charge is 0.347 e. The molecule has 162 valence electrons. The van der Waals surface area contributed by atoms with E-state index in [9.17, 15) is 9.59 Å². The first kappa shape index (κ1) is 21.0. The predicted octanol–water partition coefficient (Wildman–Crippen LogP) is 2.53. The summed E-state index contributed by atoms with van der Waals surface area (Å²) in [6.07, 6.45) is 2.39. The van der Waals surface area contributed by atoms with Crippen LogP contribution >= 0.6 is 0 Å². The second-order valence-electron chi connectivity index (χ2n) is 7.68. The number of ether oxygens (including phenoxy) is 1. The molecule has 0 radical (unpaired) electrons. The molecule has 0 spiro atoms. The molecule has 0 atom stereocenters. The van der Waals surface area contributed by atoms with Crippen molar-refractivity contribution in [2.24, 2.45) is 0 Å². The molecule has 8 nitrogen and oxygen atoms in total. The summed E-state index contributed by atoms with van der Waals surface area (Å²) in [5, 5.41) is 0.482. The second-order valence-corrected chi connectivity index (χ2v) is 7.68. The lowest BCUT2D eigenvalue weighted by Gasteiger charge is -2.35. The summed E-state index contributed by atoms with van der Waals surface area (Å²) in [6, 6.07) is 7.27. The Labute approximate surface area is 180 Å². The molecular weight excluding hydrogens is 396 g/mol. The van der Waals surface area contributed by atoms with Gasteiger partial charge in [0.15, 0.2) is 0 Å². The lowest BCUT2D eigenvalue weighted by molar-refractivity contribution is -0.118. The van der Waals surface area contributed by atoms with Crippen molar-refractivity contribution in [1.29, 1.82) is 0 Å². The average molecular weight is 422 g/mol. The average Bonchev–Trinajstić information content (AvgIpc) is 2.78. The van der Waals surface area contributed by atoms with Crippen LogP contribution in [0.15, 0.2) is 39.7 Å². The van der Waals surface area contributed by atoms with Crippen LogP contribution in [0.25, 0.3) is 22.4 Å². The molecule has 0 saturated carbocycles. The number of benzene rings is 1. The quantitative estimate of drug-likeness (QED) is 0.599. The lowest BCUT2D eigenvalue weighted by Crippen LogP contribution is -2.48. The van der Waals surface area contributed by atoms with Crippen molar-refractivity contribution in [2.75, 3.05) is 44.7 Å². The third-order valence-corrected chi connectivity index (χ3v) is 5.54. The van der Waals surface area contributed by atoms with E-state index in [1.807, 2.05) is 19.1 Å². The maximum absolute atomic E-state index is 12.9. The largest absolute Gasteiger partial charge is 0.497 e. The lowest BCUT2D eigenvalue weighted by atomic mass is 10.1. The summed E-state index contributed by atoms with van der Waals surface area (Å²) >= 11 is 0. The molecule has 0 unspecified atom stereocenters. The number of Topliss-reactive ketones (excluding diaryl/α,β-unsaturated/α-hetero) is 1. The molecule has 1 aromatic carbocycles. The molecular formula is C23H26N4O4. The van der Waals surface area contributed by atoms with Crippen LogP contribution in [0.2, 0.25) is 0 Å². The minimum absolute atomic E-state index is 0.163. The highest BCUT2D eigenvalue weighted by molar-refractivity contribution is 5.84. The van der Waals surface area contributed by atoms with E-state index in [0.29, 0.717) is 35.2 Å². The number of hydrogen-bond acceptors (Lipinski definition) is 8. The molecule has 0 aliphatic carbocycles. The molecule has 8 heteroatoms. The van der Waals surface area contributed by atoms with E-state index in [-0.39, 0.29) is 11.7 Å². The zero-order valence-corrected chi connectivity index (χ0v) is 18.1. The predicted molar refractivity (Wildman–Crippen MR) is 119 cm³/mol. The Bertz CT molecular complexity index is 1170. The van der Waals surface area contributed by atoms with Gasteiger partial charge >= 0.3 is 5.63 Å². The first-order chi connectivity index (χ1) is 15.0. The van der Waals surface area contributed by atoms with Gasteiger partial charge in [0.25, 0.3) is 0 Å². The van der Waals surface area contributed by atoms with Crippen LogP contribution in [0.4, 0.5) is 5.82 Å². The molecule has 2 aromatic heterocycles. The minimum atomic E-state index is -0.416. The van der Waals surface area contributed by atoms with Crippen molar-refractivity contribution >= 4 is 22.5 Å². The van der Waals surface area contributed by atoms with Crippen molar-refractivity contribution in [2.45, 2.75) is 20.3 Å². The maximum atomic E-state index is 12.9. The molecule has 1 aliphatic rings. The number of rotatable bonds is 6. The second kappa shape index (κ2) is 8.85. The fourth-order valence-corrected chi connectivity index (χ4v) is 4.01. The van der Waals surface area contributed by atoms with E-state index < -0.39 is 5.63 Å². The summed E-state index contributed by atoms with van der Waals surface area (Å²) in [5.74, 6) is 1.78. The molecule has 0 bridgehead atoms. The zero-order chi connectivity index (χ0) is 22.0. The van der Waals surface area contributed by atoms with E-state index in [1.54, 1.807) is 32.4 Å². The van der Waals surface area contributed by atoms with Gasteiger partial charge in [-0.3, -0.25) is 9.69 Å². The van der Waals surface area contributed by atoms with Crippen molar-refractivity contribution in [3.63, 3.8) is 0 Å². The Morgan fingerprint density at radius 3 is 2.68 bits per heavy atom. The van der Waals surface area contributed by atoms with E-state index in [1.165, 1.54) is 0 Å². The minimum Gasteiger partial charge on any atom is -0.497 e. The molecule has 31 heavy (non-hydrogen) atoms. The summed E-state index contributed by atoms with van der Waals surface area (Å²) in [7, 11) is 1.60. The third-order valence-electron chi connectivity index (χ3n) is 5.54. The van der Waals surface area contributed by atoms with Gasteiger partial charge in [-0.2, -0.15) is 0 Å². The number of carbonyl (C=O) groups is 1. The number of aromatic nitrogens is 2. The highest BCUT2D eigenvalue weighted by atomic mass is 16.5. The number of nitrogens with zero attached hydrogens (tertiary/aromatic N) is 4. The fourth-order valence-electron chi connectivity index (χ4n) is 4.01. The number of anilines is 1. The maximum Gasteiger partial charge on any atom is 0.347 e. The van der Waals surface area contributed by atoms with Crippen LogP contribution in [0.1, 0.15) is 19.4 Å². The van der Waals surface area contributed by atoms with E-state index in [0.717, 1.165) is 37.6 Å². The van der Waals surface area contributed by atoms with Crippen LogP contribution in [0.3, 0.4) is 0 Å². The monoisotopic (exact) mass is 422 g/mol. The van der Waals surface area contributed by atoms with Crippen LogP contribution in [0, 0.1) is 0 Å². The van der Waals surface area contributed by atoms with Gasteiger partial charge < -0.3 is 14.1 Å². The van der Waals surface area contributed by atoms with Gasteiger partial charge in [0.1, 0.15) is 17.4 Å². The fraction of sp³-hybridized carbons (Fsp3) is 0.391. The van der Waals surface area contributed by atoms with Crippen molar-refractivity contribution in [3.05, 3.63) is 46.4 Å². The summed E-state index contributed by atoms with van der Waals surface area (Å²) in [4.78, 5) is 37.8. The molecule has 4 rings (SSSR count). The summed E-state index contributed by atoms with van der Waals surface area (Å²) in [5.41, 5.74) is 1.64. The summed E-state index contributed by atoms with van der Waals surface area (Å²) in [6.45, 7) is 7.03. The Balaban J connectivity index is 1.73. The standard InChI is InChI=1S/C23H26N4O4/c1-4-16-12-17(30-3)13-19-20(16)23(29)31-22(25-19)18-6-5-7-24-21(18)27-10-8-26(9-11-27)14-15(2)28/h5-7,12-13H,4,8-11,14H2,1-3H3. The molecule has 1 fully saturated rings. The highest BCUT2D eigenvalue weighted by Crippen LogP contribution is 2.30. The van der Waals surface area contributed by atoms with Crippen molar-refractivity contribution in [1.82, 2.24) is 14.9 Å². The van der Waals surface area contributed by atoms with Crippen molar-refractivity contribution < 1.29 is 13.9 Å². The van der Waals surface area contributed by atoms with Gasteiger partial charge in [-0.05, 0) is 37.1 Å². The topological polar surface area (TPSA) is 88.8 Å². The van der Waals surface area contributed by atoms with Crippen LogP contribution < -0.4 is 15.3 Å². The van der Waals surface area contributed by atoms with Crippen molar-refractivity contribution in [3.8, 4) is 17.2 Å². The molecule has 0 N–H and O–H groups in total. The number of aryl methyl sites for hydroxylation is 1. The van der Waals surface area contributed by atoms with Crippen LogP contribution in [-0.2, 0) is 11.2 Å². The van der Waals surface area contributed by atoms with Gasteiger partial charge in [-0.25, -0.2) is 14.8 Å². The number of methoxy groups -OCH3 is 1. The highest BCUT2D eigenvalue weighted by Gasteiger charge is 2.23. The number of fused-ring (bicyclic) bond motifs is 1. The molecule has 3 heterocycles. The Morgan fingerprint density at radius 1 is 1.23 bits per heavy atom. The zero-order valence-electron chi connectivity index (χ0n) is 18.1. The molecule has 0 amide bonds. The SMILES string of the molecule is CCc1cc(OC)cc2nc(-c3cccnc3N3CCN(CC(C)=O)CC3)oc(=O)c12. The molecule has 1 aliphatic heterocycles. The number of hydrogen-bond donors (Lipinski definition) is 0. The number of ketones is 1. The Morgan fingerprint density at radius 2 is 2.00 bits per heavy atom. The van der Waals surface area contributed by atoms with Gasteiger partial charge in [0, 0.05) is 38.4 Å². The normalized spacial score (nSPS) is 14.7. The number of piperazine rings is 1. The third kappa shape index (κ3) is 4.29. The first-order valence-electron chi connectivity index (χ1n) is 10.4. The van der Waals surface area contributed by atoms with Gasteiger partial charge in [-0.1, -0.05) is 6.92 Å². The Hall–Kier alpha value is -3.26. The van der Waals surface area contributed by atoms with Gasteiger partial charge in [0.2, 0.25) is 5.89 Å². The van der Waals surface area contributed by atoms with Gasteiger partial charge in [-0.15, -0.1) is 0 Å². The number of carbonyl (C=O) groups excluding carboxylic acids is 1. The Kier molecular flexibility index (Phi) is 5.99. The van der Waals surface area contributed by atoms with E-state index >= 15 is 0 Å².